The van der Waals surface area contributed by atoms with Gasteiger partial charge in [-0.25, -0.2) is 0 Å². The summed E-state index contributed by atoms with van der Waals surface area (Å²) in [7, 11) is 0. The quantitative estimate of drug-likeness (QED) is 0.710. The Balaban J connectivity index is 1.86. The lowest BCUT2D eigenvalue weighted by molar-refractivity contribution is -0.146. The molecule has 6 nitrogen and oxygen atoms in total. The number of hydrogen-bond acceptors (Lipinski definition) is 4. The number of para-hydroxylation sites is 1. The Bertz CT molecular complexity index is 873. The molecule has 0 atom stereocenters. The Kier molecular flexibility index (Phi) is 7.00. The summed E-state index contributed by atoms with van der Waals surface area (Å²) in [4.78, 5) is 35.2. The average Bonchev–Trinajstić information content (AvgIpc) is 2.65. The van der Waals surface area contributed by atoms with Crippen LogP contribution in [-0.2, 0) is 20.5 Å². The second kappa shape index (κ2) is 9.23. The fraction of sp³-hybridized carbons (Fsp3) is 0.167. The number of nitrogens with one attached hydrogen (secondary N) is 2. The molecule has 2 aromatic rings. The maximum absolute atomic E-state index is 13.0. The normalized spacial score (nSPS) is 10.9. The summed E-state index contributed by atoms with van der Waals surface area (Å²) in [5.74, 6) is -2.47. The van der Waals surface area contributed by atoms with Crippen LogP contribution >= 0.6 is 11.6 Å². The molecule has 2 N–H and O–H groups in total. The van der Waals surface area contributed by atoms with Crippen molar-refractivity contribution in [3.05, 3.63) is 64.7 Å². The summed E-state index contributed by atoms with van der Waals surface area (Å²) in [6, 6.07) is 11.1. The van der Waals surface area contributed by atoms with E-state index in [4.69, 9.17) is 11.6 Å². The molecule has 0 saturated carbocycles. The first-order valence-electron chi connectivity index (χ1n) is 7.83. The summed E-state index contributed by atoms with van der Waals surface area (Å²) >= 11 is 5.72. The molecule has 0 aromatic heterocycles. The molecule has 2 aromatic carbocycles. The number of carbonyl (C=O) groups excluding carboxylic acids is 3. The molecule has 0 radical (unpaired) electrons. The first-order chi connectivity index (χ1) is 13.2. The van der Waals surface area contributed by atoms with Crippen molar-refractivity contribution in [2.45, 2.75) is 6.18 Å². The lowest BCUT2D eigenvalue weighted by Gasteiger charge is -2.15. The smallest absolute Gasteiger partial charge is 0.418 e. The van der Waals surface area contributed by atoms with Crippen molar-refractivity contribution in [3.63, 3.8) is 0 Å². The van der Waals surface area contributed by atoms with E-state index >= 15 is 0 Å². The Morgan fingerprint density at radius 2 is 1.68 bits per heavy atom. The minimum atomic E-state index is -4.73. The molecule has 10 heteroatoms. The van der Waals surface area contributed by atoms with Crippen LogP contribution in [0.1, 0.15) is 15.9 Å². The van der Waals surface area contributed by atoms with E-state index in [1.54, 1.807) is 18.2 Å². The minimum Gasteiger partial charge on any atom is -0.454 e. The van der Waals surface area contributed by atoms with E-state index in [-0.39, 0.29) is 5.02 Å². The number of carbonyl (C=O) groups is 3. The maximum atomic E-state index is 13.0. The second-order valence-electron chi connectivity index (χ2n) is 5.42. The van der Waals surface area contributed by atoms with Gasteiger partial charge in [-0.15, -0.1) is 0 Å². The fourth-order valence-corrected chi connectivity index (χ4v) is 2.33. The zero-order valence-corrected chi connectivity index (χ0v) is 14.9. The largest absolute Gasteiger partial charge is 0.454 e. The van der Waals surface area contributed by atoms with Gasteiger partial charge in [0.1, 0.15) is 6.54 Å². The van der Waals surface area contributed by atoms with Crippen LogP contribution in [0, 0.1) is 0 Å². The van der Waals surface area contributed by atoms with Crippen molar-refractivity contribution in [2.24, 2.45) is 0 Å². The van der Waals surface area contributed by atoms with E-state index in [1.807, 2.05) is 5.32 Å². The lowest BCUT2D eigenvalue weighted by atomic mass is 10.1. The van der Waals surface area contributed by atoms with Crippen LogP contribution in [0.4, 0.5) is 18.9 Å². The Morgan fingerprint density at radius 1 is 1.00 bits per heavy atom. The molecule has 0 spiro atoms. The Labute approximate surface area is 162 Å². The molecule has 0 aliphatic heterocycles. The van der Waals surface area contributed by atoms with Crippen molar-refractivity contribution in [2.75, 3.05) is 18.5 Å². The SMILES string of the molecule is O=C(COC(=O)CNC(=O)c1ccccc1)Nc1c(Cl)cccc1C(F)(F)F. The molecule has 0 bridgehead atoms. The Morgan fingerprint density at radius 3 is 2.32 bits per heavy atom. The molecular weight excluding hydrogens is 401 g/mol. The molecule has 148 valence electrons. The van der Waals surface area contributed by atoms with Crippen LogP contribution in [0.5, 0.6) is 0 Å². The van der Waals surface area contributed by atoms with Gasteiger partial charge in [0.25, 0.3) is 11.8 Å². The zero-order valence-electron chi connectivity index (χ0n) is 14.2. The number of alkyl halides is 3. The fourth-order valence-electron chi connectivity index (χ4n) is 2.10. The van der Waals surface area contributed by atoms with Crippen LogP contribution in [0.25, 0.3) is 0 Å². The van der Waals surface area contributed by atoms with E-state index in [0.29, 0.717) is 5.56 Å². The molecule has 0 aliphatic carbocycles. The van der Waals surface area contributed by atoms with Gasteiger partial charge in [-0.2, -0.15) is 13.2 Å². The number of amides is 2. The monoisotopic (exact) mass is 414 g/mol. The number of ether oxygens (including phenoxy) is 1. The lowest BCUT2D eigenvalue weighted by Crippen LogP contribution is -2.32. The van der Waals surface area contributed by atoms with E-state index in [1.165, 1.54) is 18.2 Å². The number of rotatable bonds is 6. The third kappa shape index (κ3) is 5.98. The predicted octanol–water partition coefficient (Wildman–Crippen LogP) is 3.27. The topological polar surface area (TPSA) is 84.5 Å². The van der Waals surface area contributed by atoms with E-state index < -0.39 is 48.4 Å². The molecule has 2 rings (SSSR count). The predicted molar refractivity (Wildman–Crippen MR) is 94.8 cm³/mol. The first-order valence-corrected chi connectivity index (χ1v) is 8.20. The Hall–Kier alpha value is -3.07. The number of anilines is 1. The molecule has 0 unspecified atom stereocenters. The van der Waals surface area contributed by atoms with Gasteiger partial charge >= 0.3 is 12.1 Å². The van der Waals surface area contributed by atoms with Crippen molar-refractivity contribution in [1.82, 2.24) is 5.32 Å². The zero-order chi connectivity index (χ0) is 20.7. The van der Waals surface area contributed by atoms with E-state index in [9.17, 15) is 27.6 Å². The number of halogens is 4. The summed E-state index contributed by atoms with van der Waals surface area (Å²) < 4.78 is 43.6. The summed E-state index contributed by atoms with van der Waals surface area (Å²) in [5, 5.41) is 3.96. The summed E-state index contributed by atoms with van der Waals surface area (Å²) in [5.41, 5.74) is -1.43. The molecule has 28 heavy (non-hydrogen) atoms. The number of benzene rings is 2. The van der Waals surface area contributed by atoms with Gasteiger partial charge in [0.2, 0.25) is 0 Å². The van der Waals surface area contributed by atoms with Crippen molar-refractivity contribution in [1.29, 1.82) is 0 Å². The van der Waals surface area contributed by atoms with Crippen LogP contribution in [-0.4, -0.2) is 30.9 Å². The van der Waals surface area contributed by atoms with Crippen LogP contribution < -0.4 is 10.6 Å². The van der Waals surface area contributed by atoms with E-state index in [2.05, 4.69) is 10.1 Å². The maximum Gasteiger partial charge on any atom is 0.418 e. The highest BCUT2D eigenvalue weighted by Gasteiger charge is 2.34. The highest BCUT2D eigenvalue weighted by molar-refractivity contribution is 6.34. The van der Waals surface area contributed by atoms with Gasteiger partial charge in [0.15, 0.2) is 6.61 Å². The highest BCUT2D eigenvalue weighted by Crippen LogP contribution is 2.38. The number of hydrogen-bond donors (Lipinski definition) is 2. The third-order valence-corrected chi connectivity index (χ3v) is 3.69. The minimum absolute atomic E-state index is 0.315. The van der Waals surface area contributed by atoms with Gasteiger partial charge < -0.3 is 15.4 Å². The third-order valence-electron chi connectivity index (χ3n) is 3.38. The van der Waals surface area contributed by atoms with Crippen molar-refractivity contribution in [3.8, 4) is 0 Å². The van der Waals surface area contributed by atoms with Crippen molar-refractivity contribution < 1.29 is 32.3 Å². The molecule has 0 saturated heterocycles. The molecular formula is C18H14ClF3N2O4. The van der Waals surface area contributed by atoms with Gasteiger partial charge in [-0.05, 0) is 24.3 Å². The first kappa shape index (κ1) is 21.2. The molecule has 0 fully saturated rings. The van der Waals surface area contributed by atoms with Crippen LogP contribution in [0.3, 0.4) is 0 Å². The highest BCUT2D eigenvalue weighted by atomic mass is 35.5. The number of esters is 1. The van der Waals surface area contributed by atoms with Gasteiger partial charge in [0, 0.05) is 5.56 Å². The van der Waals surface area contributed by atoms with Crippen LogP contribution in [0.15, 0.2) is 48.5 Å². The summed E-state index contributed by atoms with van der Waals surface area (Å²) in [6.45, 7) is -1.36. The van der Waals surface area contributed by atoms with Gasteiger partial charge in [-0.1, -0.05) is 35.9 Å². The standard InChI is InChI=1S/C18H14ClF3N2O4/c19-13-8-4-7-12(18(20,21)22)16(13)24-14(25)10-28-15(26)9-23-17(27)11-5-2-1-3-6-11/h1-8H,9-10H2,(H,23,27)(H,24,25). The van der Waals surface area contributed by atoms with E-state index in [0.717, 1.165) is 12.1 Å². The molecule has 0 aliphatic rings. The van der Waals surface area contributed by atoms with Gasteiger partial charge in [-0.3, -0.25) is 14.4 Å². The average molecular weight is 415 g/mol. The van der Waals surface area contributed by atoms with Crippen molar-refractivity contribution >= 4 is 35.1 Å². The van der Waals surface area contributed by atoms with Gasteiger partial charge in [0.05, 0.1) is 16.3 Å². The molecule has 0 heterocycles. The summed E-state index contributed by atoms with van der Waals surface area (Å²) in [6.07, 6.45) is -4.73. The molecule has 2 amide bonds. The second-order valence-corrected chi connectivity index (χ2v) is 5.82. The van der Waals surface area contributed by atoms with Crippen LogP contribution in [0.2, 0.25) is 5.02 Å².